The van der Waals surface area contributed by atoms with Gasteiger partial charge in [0.1, 0.15) is 23.2 Å². The van der Waals surface area contributed by atoms with E-state index in [1.165, 1.54) is 139 Å². The molecular formula is C47H66O4P+. The van der Waals surface area contributed by atoms with Crippen LogP contribution in [0.25, 0.3) is 0 Å². The van der Waals surface area contributed by atoms with Crippen molar-refractivity contribution in [3.63, 3.8) is 0 Å². The van der Waals surface area contributed by atoms with Crippen LogP contribution < -0.4 is 25.4 Å². The van der Waals surface area contributed by atoms with E-state index in [-0.39, 0.29) is 23.0 Å². The number of unbranched alkanes of at least 4 members (excludes halogenated alkanes) is 17. The molecule has 0 saturated carbocycles. The largest absolute Gasteiger partial charge is 0.504 e. The number of aromatic hydroxyl groups is 2. The molecular weight excluding hydrogens is 659 g/mol. The minimum atomic E-state index is -1.68. The van der Waals surface area contributed by atoms with E-state index in [9.17, 15) is 10.2 Å². The van der Waals surface area contributed by atoms with Gasteiger partial charge in [0.15, 0.2) is 11.5 Å². The Kier molecular flexibility index (Phi) is 18.4. The van der Waals surface area contributed by atoms with Gasteiger partial charge in [0.25, 0.3) is 0 Å². The van der Waals surface area contributed by atoms with Crippen LogP contribution in [0.2, 0.25) is 0 Å². The van der Waals surface area contributed by atoms with E-state index in [1.807, 2.05) is 6.92 Å². The average Bonchev–Trinajstić information content (AvgIpc) is 3.19. The molecule has 4 aromatic carbocycles. The van der Waals surface area contributed by atoms with Crippen molar-refractivity contribution < 1.29 is 19.7 Å². The molecule has 0 aliphatic heterocycles. The summed E-state index contributed by atoms with van der Waals surface area (Å²) in [7, 11) is 1.27. The molecule has 0 spiro atoms. The highest BCUT2D eigenvalue weighted by Crippen LogP contribution is 2.56. The maximum atomic E-state index is 10.6. The van der Waals surface area contributed by atoms with Gasteiger partial charge in [-0.2, -0.15) is 0 Å². The van der Waals surface area contributed by atoms with Crippen LogP contribution in [0.3, 0.4) is 0 Å². The van der Waals surface area contributed by atoms with Gasteiger partial charge in [-0.05, 0) is 69.0 Å². The Morgan fingerprint density at radius 3 is 1.08 bits per heavy atom. The molecule has 0 saturated heterocycles. The van der Waals surface area contributed by atoms with E-state index in [1.54, 1.807) is 0 Å². The van der Waals surface area contributed by atoms with Gasteiger partial charge < -0.3 is 19.7 Å². The Morgan fingerprint density at radius 2 is 0.731 bits per heavy atom. The molecule has 282 valence electrons. The standard InChI is InChI=1S/C47H65O4P/c1-39-43(45(49)47(51-3)46(50-2)44(39)48)37-29-18-16-14-12-10-8-6-4-5-7-9-11-13-15-17-19-30-38-52(40-31-23-20-24-32-40,41-33-25-21-26-34-41)42-35-27-22-28-36-42/h20-28,31-36H,4-19,29-30,37-38H2,1-3H3,(H-,48,49)/p+1. The Bertz CT molecular complexity index is 1440. The maximum Gasteiger partial charge on any atom is 0.207 e. The lowest BCUT2D eigenvalue weighted by Gasteiger charge is -2.27. The summed E-state index contributed by atoms with van der Waals surface area (Å²) in [6.07, 6.45) is 25.6. The molecule has 5 heteroatoms. The van der Waals surface area contributed by atoms with Crippen molar-refractivity contribution in [2.24, 2.45) is 0 Å². The molecule has 0 atom stereocenters. The second-order valence-electron chi connectivity index (χ2n) is 14.5. The van der Waals surface area contributed by atoms with E-state index in [4.69, 9.17) is 9.47 Å². The number of phenolic OH excluding ortho intramolecular Hbond substituents is 2. The zero-order chi connectivity index (χ0) is 36.9. The molecule has 0 aliphatic carbocycles. The van der Waals surface area contributed by atoms with Crippen molar-refractivity contribution >= 4 is 23.2 Å². The van der Waals surface area contributed by atoms with Gasteiger partial charge in [-0.15, -0.1) is 0 Å². The van der Waals surface area contributed by atoms with Crippen molar-refractivity contribution in [1.82, 2.24) is 0 Å². The highest BCUT2D eigenvalue weighted by molar-refractivity contribution is 7.95. The Morgan fingerprint density at radius 1 is 0.423 bits per heavy atom. The van der Waals surface area contributed by atoms with Gasteiger partial charge in [0, 0.05) is 11.1 Å². The fourth-order valence-corrected chi connectivity index (χ4v) is 12.3. The number of hydrogen-bond donors (Lipinski definition) is 2. The van der Waals surface area contributed by atoms with Crippen LogP contribution in [-0.2, 0) is 6.42 Å². The fraction of sp³-hybridized carbons (Fsp3) is 0.489. The number of benzene rings is 4. The lowest BCUT2D eigenvalue weighted by atomic mass is 9.98. The predicted molar refractivity (Wildman–Crippen MR) is 224 cm³/mol. The van der Waals surface area contributed by atoms with Crippen molar-refractivity contribution in [3.8, 4) is 23.0 Å². The smallest absolute Gasteiger partial charge is 0.207 e. The van der Waals surface area contributed by atoms with Crippen molar-refractivity contribution in [2.45, 2.75) is 129 Å². The van der Waals surface area contributed by atoms with Crippen molar-refractivity contribution in [2.75, 3.05) is 20.4 Å². The minimum Gasteiger partial charge on any atom is -0.504 e. The molecule has 0 fully saturated rings. The maximum absolute atomic E-state index is 10.6. The lowest BCUT2D eigenvalue weighted by Crippen LogP contribution is -2.33. The van der Waals surface area contributed by atoms with Crippen LogP contribution in [0.1, 0.15) is 127 Å². The lowest BCUT2D eigenvalue weighted by molar-refractivity contribution is 0.313. The summed E-state index contributed by atoms with van der Waals surface area (Å²) in [5.74, 6) is 0.559. The molecule has 0 bridgehead atoms. The van der Waals surface area contributed by atoms with Crippen molar-refractivity contribution in [3.05, 3.63) is 102 Å². The van der Waals surface area contributed by atoms with Gasteiger partial charge in [0.05, 0.1) is 20.4 Å². The first-order valence-electron chi connectivity index (χ1n) is 20.2. The SMILES string of the molecule is COc1c(O)c(C)c(CCCCCCCCCCCCCCCCCCCC[P+](c2ccccc2)(c2ccccc2)c2ccccc2)c(O)c1OC. The molecule has 0 heterocycles. The number of hydrogen-bond acceptors (Lipinski definition) is 4. The monoisotopic (exact) mass is 725 g/mol. The average molecular weight is 726 g/mol. The molecule has 4 aromatic rings. The molecule has 0 unspecified atom stereocenters. The quantitative estimate of drug-likeness (QED) is 0.0384. The normalized spacial score (nSPS) is 11.5. The fourth-order valence-electron chi connectivity index (χ4n) is 7.89. The summed E-state index contributed by atoms with van der Waals surface area (Å²) in [4.78, 5) is 0. The second-order valence-corrected chi connectivity index (χ2v) is 18.1. The highest BCUT2D eigenvalue weighted by Gasteiger charge is 2.44. The van der Waals surface area contributed by atoms with E-state index in [0.717, 1.165) is 24.8 Å². The number of rotatable bonds is 26. The van der Waals surface area contributed by atoms with Crippen LogP contribution in [0.5, 0.6) is 23.0 Å². The van der Waals surface area contributed by atoms with Gasteiger partial charge in [-0.3, -0.25) is 0 Å². The third-order valence-corrected chi connectivity index (χ3v) is 15.4. The van der Waals surface area contributed by atoms with Crippen LogP contribution in [-0.4, -0.2) is 30.6 Å². The van der Waals surface area contributed by atoms with Crippen LogP contribution >= 0.6 is 7.26 Å². The molecule has 0 aromatic heterocycles. The summed E-state index contributed by atoms with van der Waals surface area (Å²) in [6.45, 7) is 1.83. The highest BCUT2D eigenvalue weighted by atomic mass is 31.2. The minimum absolute atomic E-state index is 0.0552. The summed E-state index contributed by atoms with van der Waals surface area (Å²) < 4.78 is 10.5. The van der Waals surface area contributed by atoms with E-state index >= 15 is 0 Å². The number of ether oxygens (including phenoxy) is 2. The molecule has 4 nitrogen and oxygen atoms in total. The second kappa shape index (κ2) is 23.2. The van der Waals surface area contributed by atoms with Crippen LogP contribution in [0.4, 0.5) is 0 Å². The van der Waals surface area contributed by atoms with E-state index in [2.05, 4.69) is 91.0 Å². The molecule has 0 amide bonds. The van der Waals surface area contributed by atoms with Gasteiger partial charge in [-0.25, -0.2) is 0 Å². The first-order chi connectivity index (χ1) is 25.5. The van der Waals surface area contributed by atoms with Gasteiger partial charge >= 0.3 is 0 Å². The van der Waals surface area contributed by atoms with Crippen molar-refractivity contribution in [1.29, 1.82) is 0 Å². The summed E-state index contributed by atoms with van der Waals surface area (Å²) >= 11 is 0. The molecule has 0 aliphatic rings. The third-order valence-electron chi connectivity index (χ3n) is 10.9. The summed E-state index contributed by atoms with van der Waals surface area (Å²) in [5, 5.41) is 25.6. The van der Waals surface area contributed by atoms with E-state index < -0.39 is 7.26 Å². The topological polar surface area (TPSA) is 58.9 Å². The summed E-state index contributed by atoms with van der Waals surface area (Å²) in [6, 6.07) is 33.9. The first kappa shape index (κ1) is 41.3. The molecule has 0 radical (unpaired) electrons. The predicted octanol–water partition coefficient (Wildman–Crippen LogP) is 12.0. The molecule has 52 heavy (non-hydrogen) atoms. The molecule has 2 N–H and O–H groups in total. The first-order valence-corrected chi connectivity index (χ1v) is 22.2. The van der Waals surface area contributed by atoms with Crippen LogP contribution in [0.15, 0.2) is 91.0 Å². The van der Waals surface area contributed by atoms with Crippen LogP contribution in [0, 0.1) is 6.92 Å². The Balaban J connectivity index is 1.01. The van der Waals surface area contributed by atoms with E-state index in [0.29, 0.717) is 5.56 Å². The molecule has 4 rings (SSSR count). The zero-order valence-corrected chi connectivity index (χ0v) is 33.4. The summed E-state index contributed by atoms with van der Waals surface area (Å²) in [5.41, 5.74) is 1.43. The Labute approximate surface area is 316 Å². The van der Waals surface area contributed by atoms with Gasteiger partial charge in [0.2, 0.25) is 11.5 Å². The van der Waals surface area contributed by atoms with Gasteiger partial charge in [-0.1, -0.05) is 151 Å². The number of methoxy groups -OCH3 is 2. The Hall–Kier alpha value is -3.49. The number of phenols is 2. The third kappa shape index (κ3) is 11.8. The zero-order valence-electron chi connectivity index (χ0n) is 32.5.